The number of thiazole rings is 1. The molecule has 0 aliphatic heterocycles. The lowest BCUT2D eigenvalue weighted by molar-refractivity contribution is 0.718. The highest BCUT2D eigenvalue weighted by Crippen LogP contribution is 2.31. The summed E-state index contributed by atoms with van der Waals surface area (Å²) in [5, 5.41) is 8.65. The lowest BCUT2D eigenvalue weighted by atomic mass is 10.2. The molecule has 0 radical (unpaired) electrons. The number of hydrogen-bond donors (Lipinski definition) is 1. The molecular weight excluding hydrogens is 236 g/mol. The predicted octanol–water partition coefficient (Wildman–Crippen LogP) is 3.33. The van der Waals surface area contributed by atoms with Crippen LogP contribution in [0.25, 0.3) is 9.88 Å². The number of hydrogen-bond acceptors (Lipinski definition) is 4. The van der Waals surface area contributed by atoms with Gasteiger partial charge >= 0.3 is 0 Å². The number of thiophene rings is 1. The van der Waals surface area contributed by atoms with E-state index in [1.54, 1.807) is 22.7 Å². The fourth-order valence-corrected chi connectivity index (χ4v) is 3.52. The van der Waals surface area contributed by atoms with Crippen molar-refractivity contribution in [1.29, 1.82) is 0 Å². The Morgan fingerprint density at radius 3 is 2.94 bits per heavy atom. The molecule has 0 aliphatic carbocycles. The van der Waals surface area contributed by atoms with Gasteiger partial charge < -0.3 is 5.32 Å². The van der Waals surface area contributed by atoms with Gasteiger partial charge in [-0.2, -0.15) is 0 Å². The molecule has 0 unspecified atom stereocenters. The van der Waals surface area contributed by atoms with E-state index in [1.165, 1.54) is 21.1 Å². The first-order valence-corrected chi connectivity index (χ1v) is 7.20. The van der Waals surface area contributed by atoms with Crippen molar-refractivity contribution in [2.45, 2.75) is 19.8 Å². The molecule has 0 bridgehead atoms. The first-order valence-electron chi connectivity index (χ1n) is 5.44. The van der Waals surface area contributed by atoms with Crippen LogP contribution in [0.1, 0.15) is 17.7 Å². The van der Waals surface area contributed by atoms with E-state index in [0.29, 0.717) is 0 Å². The van der Waals surface area contributed by atoms with Crippen molar-refractivity contribution >= 4 is 22.7 Å². The van der Waals surface area contributed by atoms with Gasteiger partial charge in [0.05, 0.1) is 10.6 Å². The number of nitrogens with zero attached hydrogens (tertiary/aromatic N) is 1. The standard InChI is InChI=1S/C12H16N2S2/c1-9-5-7-15-11(9)12-14-10(8-16-12)4-3-6-13-2/h5,7-8,13H,3-4,6H2,1-2H3. The first-order chi connectivity index (χ1) is 7.81. The molecule has 2 rings (SSSR count). The zero-order valence-electron chi connectivity index (χ0n) is 9.62. The van der Waals surface area contributed by atoms with Crippen LogP contribution in [0.2, 0.25) is 0 Å². The quantitative estimate of drug-likeness (QED) is 0.826. The molecule has 2 nitrogen and oxygen atoms in total. The molecule has 16 heavy (non-hydrogen) atoms. The second kappa shape index (κ2) is 5.57. The minimum absolute atomic E-state index is 1.06. The van der Waals surface area contributed by atoms with E-state index in [4.69, 9.17) is 0 Å². The van der Waals surface area contributed by atoms with Gasteiger partial charge in [-0.25, -0.2) is 4.98 Å². The Kier molecular flexibility index (Phi) is 4.09. The van der Waals surface area contributed by atoms with E-state index < -0.39 is 0 Å². The largest absolute Gasteiger partial charge is 0.320 e. The van der Waals surface area contributed by atoms with Gasteiger partial charge in [0, 0.05) is 5.38 Å². The number of nitrogens with one attached hydrogen (secondary N) is 1. The van der Waals surface area contributed by atoms with Crippen LogP contribution in [0, 0.1) is 6.92 Å². The number of aromatic nitrogens is 1. The van der Waals surface area contributed by atoms with E-state index in [9.17, 15) is 0 Å². The maximum Gasteiger partial charge on any atom is 0.133 e. The number of aryl methyl sites for hydroxylation is 2. The lowest BCUT2D eigenvalue weighted by Crippen LogP contribution is -2.08. The van der Waals surface area contributed by atoms with Crippen LogP contribution in [-0.2, 0) is 6.42 Å². The smallest absolute Gasteiger partial charge is 0.133 e. The van der Waals surface area contributed by atoms with Crippen LogP contribution < -0.4 is 5.32 Å². The van der Waals surface area contributed by atoms with Gasteiger partial charge in [-0.1, -0.05) is 0 Å². The van der Waals surface area contributed by atoms with Gasteiger partial charge in [0.1, 0.15) is 5.01 Å². The molecule has 4 heteroatoms. The summed E-state index contributed by atoms with van der Waals surface area (Å²) in [6.07, 6.45) is 2.23. The van der Waals surface area contributed by atoms with Crippen molar-refractivity contribution in [2.24, 2.45) is 0 Å². The molecule has 0 fully saturated rings. The van der Waals surface area contributed by atoms with Crippen LogP contribution in [0.5, 0.6) is 0 Å². The summed E-state index contributed by atoms with van der Waals surface area (Å²) in [5.41, 5.74) is 2.56. The van der Waals surface area contributed by atoms with Gasteiger partial charge in [0.15, 0.2) is 0 Å². The molecule has 0 saturated carbocycles. The number of rotatable bonds is 5. The summed E-state index contributed by atoms with van der Waals surface area (Å²) >= 11 is 3.54. The van der Waals surface area contributed by atoms with E-state index in [0.717, 1.165) is 19.4 Å². The SMILES string of the molecule is CNCCCc1csc(-c2sccc2C)n1. The van der Waals surface area contributed by atoms with Crippen molar-refractivity contribution in [1.82, 2.24) is 10.3 Å². The average Bonchev–Trinajstić information content (AvgIpc) is 2.87. The molecule has 86 valence electrons. The Labute approximate surface area is 104 Å². The molecular formula is C12H16N2S2. The third-order valence-electron chi connectivity index (χ3n) is 2.47. The Morgan fingerprint density at radius 1 is 1.38 bits per heavy atom. The highest BCUT2D eigenvalue weighted by molar-refractivity contribution is 7.20. The zero-order chi connectivity index (χ0) is 11.4. The Balaban J connectivity index is 2.05. The van der Waals surface area contributed by atoms with E-state index in [1.807, 2.05) is 7.05 Å². The molecule has 2 aromatic heterocycles. The molecule has 2 heterocycles. The summed E-state index contributed by atoms with van der Waals surface area (Å²) < 4.78 is 0. The van der Waals surface area contributed by atoms with Crippen LogP contribution in [0.3, 0.4) is 0 Å². The second-order valence-electron chi connectivity index (χ2n) is 3.78. The van der Waals surface area contributed by atoms with Crippen molar-refractivity contribution in [3.63, 3.8) is 0 Å². The van der Waals surface area contributed by atoms with Crippen LogP contribution in [0.15, 0.2) is 16.8 Å². The average molecular weight is 252 g/mol. The summed E-state index contributed by atoms with van der Waals surface area (Å²) in [6, 6.07) is 2.15. The topological polar surface area (TPSA) is 24.9 Å². The minimum Gasteiger partial charge on any atom is -0.320 e. The van der Waals surface area contributed by atoms with Gasteiger partial charge in [-0.3, -0.25) is 0 Å². The normalized spacial score (nSPS) is 10.9. The highest BCUT2D eigenvalue weighted by atomic mass is 32.1. The summed E-state index contributed by atoms with van der Waals surface area (Å²) in [7, 11) is 1.99. The highest BCUT2D eigenvalue weighted by Gasteiger charge is 2.08. The van der Waals surface area contributed by atoms with E-state index in [2.05, 4.69) is 34.1 Å². The van der Waals surface area contributed by atoms with Gasteiger partial charge in [0.2, 0.25) is 0 Å². The molecule has 0 atom stereocenters. The van der Waals surface area contributed by atoms with E-state index in [-0.39, 0.29) is 0 Å². The van der Waals surface area contributed by atoms with Crippen LogP contribution >= 0.6 is 22.7 Å². The summed E-state index contributed by atoms with van der Waals surface area (Å²) in [4.78, 5) is 6.01. The fourth-order valence-electron chi connectivity index (χ4n) is 1.56. The maximum absolute atomic E-state index is 4.69. The fraction of sp³-hybridized carbons (Fsp3) is 0.417. The first kappa shape index (κ1) is 11.8. The van der Waals surface area contributed by atoms with Gasteiger partial charge in [-0.05, 0) is 50.4 Å². The van der Waals surface area contributed by atoms with Crippen LogP contribution in [-0.4, -0.2) is 18.6 Å². The molecule has 2 aromatic rings. The maximum atomic E-state index is 4.69. The van der Waals surface area contributed by atoms with Crippen LogP contribution in [0.4, 0.5) is 0 Å². The third-order valence-corrected chi connectivity index (χ3v) is 4.53. The molecule has 0 saturated heterocycles. The van der Waals surface area contributed by atoms with Crippen molar-refractivity contribution in [3.05, 3.63) is 28.1 Å². The van der Waals surface area contributed by atoms with E-state index >= 15 is 0 Å². The monoisotopic (exact) mass is 252 g/mol. The second-order valence-corrected chi connectivity index (χ2v) is 5.56. The molecule has 0 amide bonds. The minimum atomic E-state index is 1.06. The Bertz CT molecular complexity index is 445. The lowest BCUT2D eigenvalue weighted by Gasteiger charge is -1.96. The third kappa shape index (κ3) is 2.70. The molecule has 0 spiro atoms. The van der Waals surface area contributed by atoms with Gasteiger partial charge in [0.25, 0.3) is 0 Å². The van der Waals surface area contributed by atoms with Gasteiger partial charge in [-0.15, -0.1) is 22.7 Å². The molecule has 1 N–H and O–H groups in total. The van der Waals surface area contributed by atoms with Crippen molar-refractivity contribution < 1.29 is 0 Å². The van der Waals surface area contributed by atoms with Crippen molar-refractivity contribution in [3.8, 4) is 9.88 Å². The molecule has 0 aliphatic rings. The predicted molar refractivity (Wildman–Crippen MR) is 72.4 cm³/mol. The summed E-state index contributed by atoms with van der Waals surface area (Å²) in [5.74, 6) is 0. The molecule has 0 aromatic carbocycles. The Hall–Kier alpha value is -0.710. The Morgan fingerprint density at radius 2 is 2.25 bits per heavy atom. The summed E-state index contributed by atoms with van der Waals surface area (Å²) in [6.45, 7) is 3.21. The van der Waals surface area contributed by atoms with Crippen molar-refractivity contribution in [2.75, 3.05) is 13.6 Å². The zero-order valence-corrected chi connectivity index (χ0v) is 11.3.